The van der Waals surface area contributed by atoms with Gasteiger partial charge in [0.15, 0.2) is 0 Å². The van der Waals surface area contributed by atoms with Gasteiger partial charge in [-0.15, -0.1) is 6.58 Å². The van der Waals surface area contributed by atoms with E-state index in [0.717, 1.165) is 0 Å². The third-order valence-electron chi connectivity index (χ3n) is 2.12. The van der Waals surface area contributed by atoms with Gasteiger partial charge in [-0.1, -0.05) is 29.3 Å². The molecule has 0 saturated heterocycles. The number of halogens is 2. The number of hydrogen-bond donors (Lipinski definition) is 3. The molecular formula is C12H12Cl2N2O3. The van der Waals surface area contributed by atoms with Crippen molar-refractivity contribution < 1.29 is 14.7 Å². The van der Waals surface area contributed by atoms with Crippen LogP contribution in [-0.4, -0.2) is 30.1 Å². The lowest BCUT2D eigenvalue weighted by Gasteiger charge is -2.11. The van der Waals surface area contributed by atoms with Crippen molar-refractivity contribution in [3.63, 3.8) is 0 Å². The average molecular weight is 303 g/mol. The maximum absolute atomic E-state index is 11.6. The van der Waals surface area contributed by atoms with Gasteiger partial charge in [0.2, 0.25) is 5.91 Å². The number of anilines is 1. The predicted molar refractivity (Wildman–Crippen MR) is 75.1 cm³/mol. The highest BCUT2D eigenvalue weighted by Gasteiger charge is 2.17. The number of hydrogen-bond acceptors (Lipinski definition) is 3. The van der Waals surface area contributed by atoms with E-state index in [1.807, 2.05) is 0 Å². The lowest BCUT2D eigenvalue weighted by atomic mass is 10.1. The topological polar surface area (TPSA) is 78.4 Å². The SMILES string of the molecule is C=CCNCC(=O)Nc1c(Cl)cc(Cl)cc1C(=O)O. The van der Waals surface area contributed by atoms with Gasteiger partial charge in [-0.3, -0.25) is 4.79 Å². The summed E-state index contributed by atoms with van der Waals surface area (Å²) < 4.78 is 0. The summed E-state index contributed by atoms with van der Waals surface area (Å²) in [6.45, 7) is 3.98. The lowest BCUT2D eigenvalue weighted by Crippen LogP contribution is -2.28. The molecule has 0 aliphatic rings. The zero-order valence-corrected chi connectivity index (χ0v) is 11.4. The fourth-order valence-corrected chi connectivity index (χ4v) is 1.88. The molecule has 0 heterocycles. The minimum Gasteiger partial charge on any atom is -0.478 e. The van der Waals surface area contributed by atoms with Crippen LogP contribution in [0.15, 0.2) is 24.8 Å². The Balaban J connectivity index is 2.90. The average Bonchev–Trinajstić information content (AvgIpc) is 2.32. The Hall–Kier alpha value is -1.56. The Labute approximate surface area is 120 Å². The van der Waals surface area contributed by atoms with Crippen LogP contribution < -0.4 is 10.6 Å². The van der Waals surface area contributed by atoms with Crippen molar-refractivity contribution in [2.24, 2.45) is 0 Å². The van der Waals surface area contributed by atoms with Crippen molar-refractivity contribution in [2.45, 2.75) is 0 Å². The third kappa shape index (κ3) is 4.55. The number of nitrogens with one attached hydrogen (secondary N) is 2. The molecule has 1 aromatic carbocycles. The van der Waals surface area contributed by atoms with Crippen LogP contribution in [0.5, 0.6) is 0 Å². The normalized spacial score (nSPS) is 10.0. The van der Waals surface area contributed by atoms with E-state index in [9.17, 15) is 9.59 Å². The van der Waals surface area contributed by atoms with E-state index in [2.05, 4.69) is 17.2 Å². The molecule has 3 N–H and O–H groups in total. The van der Waals surface area contributed by atoms with Crippen LogP contribution in [0.3, 0.4) is 0 Å². The Morgan fingerprint density at radius 2 is 2.05 bits per heavy atom. The minimum atomic E-state index is -1.22. The number of carboxylic acids is 1. The van der Waals surface area contributed by atoms with Gasteiger partial charge in [0, 0.05) is 11.6 Å². The smallest absolute Gasteiger partial charge is 0.337 e. The fourth-order valence-electron chi connectivity index (χ4n) is 1.34. The van der Waals surface area contributed by atoms with E-state index in [1.165, 1.54) is 12.1 Å². The zero-order chi connectivity index (χ0) is 14.4. The first-order chi connectivity index (χ1) is 8.95. The quantitative estimate of drug-likeness (QED) is 0.557. The van der Waals surface area contributed by atoms with Crippen LogP contribution in [0.2, 0.25) is 10.0 Å². The van der Waals surface area contributed by atoms with E-state index < -0.39 is 11.9 Å². The summed E-state index contributed by atoms with van der Waals surface area (Å²) in [6, 6.07) is 2.59. The summed E-state index contributed by atoms with van der Waals surface area (Å²) in [7, 11) is 0. The first-order valence-corrected chi connectivity index (χ1v) is 6.05. The van der Waals surface area contributed by atoms with Crippen LogP contribution in [0.4, 0.5) is 5.69 Å². The highest BCUT2D eigenvalue weighted by atomic mass is 35.5. The van der Waals surface area contributed by atoms with E-state index >= 15 is 0 Å². The van der Waals surface area contributed by atoms with Crippen LogP contribution >= 0.6 is 23.2 Å². The summed E-state index contributed by atoms with van der Waals surface area (Å²) in [5, 5.41) is 14.5. The number of amides is 1. The second kappa shape index (κ2) is 7.13. The number of carbonyl (C=O) groups is 2. The van der Waals surface area contributed by atoms with Crippen molar-refractivity contribution in [1.82, 2.24) is 5.32 Å². The second-order valence-corrected chi connectivity index (χ2v) is 4.43. The molecule has 0 spiro atoms. The van der Waals surface area contributed by atoms with Crippen molar-refractivity contribution in [2.75, 3.05) is 18.4 Å². The van der Waals surface area contributed by atoms with Gasteiger partial charge < -0.3 is 15.7 Å². The molecule has 1 amide bonds. The monoisotopic (exact) mass is 302 g/mol. The largest absolute Gasteiger partial charge is 0.478 e. The molecule has 0 atom stereocenters. The molecule has 0 bridgehead atoms. The maximum Gasteiger partial charge on any atom is 0.337 e. The number of carbonyl (C=O) groups excluding carboxylic acids is 1. The molecule has 0 aromatic heterocycles. The molecule has 1 rings (SSSR count). The molecule has 0 aliphatic heterocycles. The summed E-state index contributed by atoms with van der Waals surface area (Å²) >= 11 is 11.6. The van der Waals surface area contributed by atoms with Crippen LogP contribution in [0.25, 0.3) is 0 Å². The second-order valence-electron chi connectivity index (χ2n) is 3.58. The number of aromatic carboxylic acids is 1. The van der Waals surface area contributed by atoms with Crippen molar-refractivity contribution in [1.29, 1.82) is 0 Å². The number of carboxylic acid groups (broad SMARTS) is 1. The molecule has 102 valence electrons. The molecule has 1 aromatic rings. The first-order valence-electron chi connectivity index (χ1n) is 5.29. The number of rotatable bonds is 6. The van der Waals surface area contributed by atoms with Gasteiger partial charge in [-0.25, -0.2) is 4.79 Å². The Morgan fingerprint density at radius 3 is 2.63 bits per heavy atom. The molecule has 5 nitrogen and oxygen atoms in total. The van der Waals surface area contributed by atoms with Crippen LogP contribution in [0.1, 0.15) is 10.4 Å². The molecule has 0 fully saturated rings. The number of benzene rings is 1. The van der Waals surface area contributed by atoms with Gasteiger partial charge >= 0.3 is 5.97 Å². The van der Waals surface area contributed by atoms with Gasteiger partial charge in [-0.05, 0) is 12.1 Å². The molecule has 0 radical (unpaired) electrons. The van der Waals surface area contributed by atoms with Gasteiger partial charge in [0.1, 0.15) is 0 Å². The van der Waals surface area contributed by atoms with Crippen molar-refractivity contribution in [3.8, 4) is 0 Å². The Morgan fingerprint density at radius 1 is 1.37 bits per heavy atom. The lowest BCUT2D eigenvalue weighted by molar-refractivity contribution is -0.115. The van der Waals surface area contributed by atoms with E-state index in [0.29, 0.717) is 6.54 Å². The molecule has 0 unspecified atom stereocenters. The van der Waals surface area contributed by atoms with Gasteiger partial charge in [0.25, 0.3) is 0 Å². The van der Waals surface area contributed by atoms with E-state index in [1.54, 1.807) is 6.08 Å². The third-order valence-corrected chi connectivity index (χ3v) is 2.64. The Bertz CT molecular complexity index is 518. The summed E-state index contributed by atoms with van der Waals surface area (Å²) in [5.74, 6) is -1.63. The molecule has 0 aliphatic carbocycles. The van der Waals surface area contributed by atoms with E-state index in [4.69, 9.17) is 28.3 Å². The standard InChI is InChI=1S/C12H12Cl2N2O3/c1-2-3-15-6-10(17)16-11-8(12(18)19)4-7(13)5-9(11)14/h2,4-5,15H,1,3,6H2,(H,16,17)(H,18,19). The summed E-state index contributed by atoms with van der Waals surface area (Å²) in [5.41, 5.74) is -0.126. The molecule has 0 saturated carbocycles. The first kappa shape index (κ1) is 15.5. The van der Waals surface area contributed by atoms with Crippen LogP contribution in [-0.2, 0) is 4.79 Å². The molecule has 19 heavy (non-hydrogen) atoms. The Kier molecular flexibility index (Phi) is 5.82. The molecular weight excluding hydrogens is 291 g/mol. The minimum absolute atomic E-state index is 0.0179. The maximum atomic E-state index is 11.6. The van der Waals surface area contributed by atoms with Gasteiger partial charge in [-0.2, -0.15) is 0 Å². The zero-order valence-electron chi connectivity index (χ0n) is 9.87. The highest BCUT2D eigenvalue weighted by Crippen LogP contribution is 2.30. The predicted octanol–water partition coefficient (Wildman–Crippen LogP) is 2.41. The highest BCUT2D eigenvalue weighted by molar-refractivity contribution is 6.37. The van der Waals surface area contributed by atoms with E-state index in [-0.39, 0.29) is 27.8 Å². The summed E-state index contributed by atoms with van der Waals surface area (Å²) in [6.07, 6.45) is 1.60. The van der Waals surface area contributed by atoms with Crippen molar-refractivity contribution >= 4 is 40.8 Å². The van der Waals surface area contributed by atoms with Crippen molar-refractivity contribution in [3.05, 3.63) is 40.4 Å². The summed E-state index contributed by atoms with van der Waals surface area (Å²) in [4.78, 5) is 22.7. The molecule has 7 heteroatoms. The van der Waals surface area contributed by atoms with Gasteiger partial charge in [0.05, 0.1) is 22.8 Å². The van der Waals surface area contributed by atoms with Crippen LogP contribution in [0, 0.1) is 0 Å². The fraction of sp³-hybridized carbons (Fsp3) is 0.167.